The van der Waals surface area contributed by atoms with E-state index in [2.05, 4.69) is 0 Å². The minimum Gasteiger partial charge on any atom is -0.497 e. The van der Waals surface area contributed by atoms with Crippen LogP contribution in [0.15, 0.2) is 35.3 Å². The van der Waals surface area contributed by atoms with Gasteiger partial charge in [0.25, 0.3) is 5.56 Å². The molecule has 1 saturated heterocycles. The molecule has 0 aliphatic carbocycles. The third-order valence-electron chi connectivity index (χ3n) is 5.03. The van der Waals surface area contributed by atoms with Gasteiger partial charge < -0.3 is 24.0 Å². The Morgan fingerprint density at radius 2 is 1.93 bits per heavy atom. The highest BCUT2D eigenvalue weighted by Gasteiger charge is 2.36. The summed E-state index contributed by atoms with van der Waals surface area (Å²) >= 11 is 0. The number of rotatable bonds is 7. The van der Waals surface area contributed by atoms with E-state index in [9.17, 15) is 23.5 Å². The molecule has 2 atom stereocenters. The number of carbonyl (C=O) groups excluding carboxylic acids is 1. The first-order valence-electron chi connectivity index (χ1n) is 9.05. The number of nitrogens with zero attached hydrogens (tertiary/aromatic N) is 2. The van der Waals surface area contributed by atoms with Crippen LogP contribution in [-0.2, 0) is 9.53 Å². The highest BCUT2D eigenvalue weighted by Crippen LogP contribution is 2.35. The first kappa shape index (κ1) is 20.9. The third-order valence-corrected chi connectivity index (χ3v) is 5.03. The van der Waals surface area contributed by atoms with E-state index in [4.69, 9.17) is 9.47 Å². The molecule has 156 valence electrons. The van der Waals surface area contributed by atoms with Gasteiger partial charge in [0.15, 0.2) is 0 Å². The zero-order valence-electron chi connectivity index (χ0n) is 16.1. The number of benzene rings is 1. The number of halogens is 2. The standard InChI is InChI=1S/C20H22F2N2O5/c1-28-11-13(10-25)23-5-3-4-17(20(23)27)24-9-12(6-18(24)26)19-15(21)7-14(29-2)8-16(19)22/h3-5,7-8,12-13,25H,6,9-11H2,1-2H3. The molecule has 0 radical (unpaired) electrons. The fourth-order valence-electron chi connectivity index (χ4n) is 3.61. The fourth-order valence-corrected chi connectivity index (χ4v) is 3.61. The summed E-state index contributed by atoms with van der Waals surface area (Å²) < 4.78 is 40.0. The smallest absolute Gasteiger partial charge is 0.274 e. The summed E-state index contributed by atoms with van der Waals surface area (Å²) in [5.41, 5.74) is -0.609. The van der Waals surface area contributed by atoms with E-state index in [0.717, 1.165) is 12.1 Å². The highest BCUT2D eigenvalue weighted by molar-refractivity contribution is 5.96. The lowest BCUT2D eigenvalue weighted by molar-refractivity contribution is -0.117. The van der Waals surface area contributed by atoms with Gasteiger partial charge in [-0.15, -0.1) is 0 Å². The topological polar surface area (TPSA) is 81.0 Å². The van der Waals surface area contributed by atoms with Crippen molar-refractivity contribution >= 4 is 11.6 Å². The van der Waals surface area contributed by atoms with Gasteiger partial charge in [-0.3, -0.25) is 9.59 Å². The molecular formula is C20H22F2N2O5. The van der Waals surface area contributed by atoms with Crippen LogP contribution >= 0.6 is 0 Å². The first-order valence-corrected chi connectivity index (χ1v) is 9.05. The Labute approximate surface area is 166 Å². The summed E-state index contributed by atoms with van der Waals surface area (Å²) in [6, 6.07) is 4.57. The lowest BCUT2D eigenvalue weighted by atomic mass is 9.97. The van der Waals surface area contributed by atoms with E-state index >= 15 is 0 Å². The summed E-state index contributed by atoms with van der Waals surface area (Å²) in [5.74, 6) is -2.70. The Morgan fingerprint density at radius 1 is 1.24 bits per heavy atom. The van der Waals surface area contributed by atoms with Crippen LogP contribution in [0.4, 0.5) is 14.5 Å². The Hall–Kier alpha value is -2.78. The number of anilines is 1. The van der Waals surface area contributed by atoms with Crippen molar-refractivity contribution in [3.63, 3.8) is 0 Å². The molecule has 1 fully saturated rings. The second kappa shape index (κ2) is 8.71. The van der Waals surface area contributed by atoms with Crippen molar-refractivity contribution in [2.24, 2.45) is 0 Å². The summed E-state index contributed by atoms with van der Waals surface area (Å²) in [6.45, 7) is -0.249. The number of amides is 1. The van der Waals surface area contributed by atoms with Gasteiger partial charge in [0.1, 0.15) is 23.1 Å². The zero-order valence-corrected chi connectivity index (χ0v) is 16.1. The van der Waals surface area contributed by atoms with Crippen molar-refractivity contribution in [3.05, 3.63) is 58.0 Å². The van der Waals surface area contributed by atoms with Crippen LogP contribution in [0.25, 0.3) is 0 Å². The molecule has 2 unspecified atom stereocenters. The summed E-state index contributed by atoms with van der Waals surface area (Å²) in [7, 11) is 2.75. The van der Waals surface area contributed by atoms with Crippen LogP contribution in [0.1, 0.15) is 23.9 Å². The predicted molar refractivity (Wildman–Crippen MR) is 101 cm³/mol. The molecule has 1 aliphatic heterocycles. The van der Waals surface area contributed by atoms with Crippen molar-refractivity contribution in [1.82, 2.24) is 4.57 Å². The molecule has 1 aromatic heterocycles. The van der Waals surface area contributed by atoms with E-state index in [1.807, 2.05) is 0 Å². The average Bonchev–Trinajstić information content (AvgIpc) is 3.06. The fraction of sp³-hybridized carbons (Fsp3) is 0.400. The number of hydrogen-bond acceptors (Lipinski definition) is 5. The van der Waals surface area contributed by atoms with Gasteiger partial charge >= 0.3 is 0 Å². The van der Waals surface area contributed by atoms with Crippen LogP contribution in [0.3, 0.4) is 0 Å². The van der Waals surface area contributed by atoms with Crippen molar-refractivity contribution < 1.29 is 28.2 Å². The first-order chi connectivity index (χ1) is 13.9. The molecule has 2 aromatic rings. The number of carbonyl (C=O) groups is 1. The molecule has 1 N–H and O–H groups in total. The van der Waals surface area contributed by atoms with Crippen molar-refractivity contribution in [3.8, 4) is 5.75 Å². The number of methoxy groups -OCH3 is 2. The van der Waals surface area contributed by atoms with Crippen LogP contribution in [0, 0.1) is 11.6 Å². The molecule has 1 aliphatic rings. The number of pyridine rings is 1. The van der Waals surface area contributed by atoms with E-state index in [0.29, 0.717) is 0 Å². The monoisotopic (exact) mass is 408 g/mol. The van der Waals surface area contributed by atoms with E-state index in [-0.39, 0.29) is 43.2 Å². The third kappa shape index (κ3) is 4.01. The molecule has 1 amide bonds. The van der Waals surface area contributed by atoms with Crippen molar-refractivity contribution in [2.45, 2.75) is 18.4 Å². The van der Waals surface area contributed by atoms with Crippen molar-refractivity contribution in [2.75, 3.05) is 38.9 Å². The zero-order chi connectivity index (χ0) is 21.1. The van der Waals surface area contributed by atoms with Gasteiger partial charge in [-0.2, -0.15) is 0 Å². The van der Waals surface area contributed by atoms with Crippen LogP contribution in [0.5, 0.6) is 5.75 Å². The summed E-state index contributed by atoms with van der Waals surface area (Å²) in [4.78, 5) is 26.7. The van der Waals surface area contributed by atoms with Gasteiger partial charge in [0.2, 0.25) is 5.91 Å². The second-order valence-corrected chi connectivity index (χ2v) is 6.81. The Morgan fingerprint density at radius 3 is 2.52 bits per heavy atom. The number of aliphatic hydroxyl groups excluding tert-OH is 1. The molecule has 0 bridgehead atoms. The Bertz CT molecular complexity index is 939. The van der Waals surface area contributed by atoms with Gasteiger partial charge in [0.05, 0.1) is 26.4 Å². The molecule has 1 aromatic carbocycles. The average molecular weight is 408 g/mol. The number of aromatic nitrogens is 1. The van der Waals surface area contributed by atoms with Gasteiger partial charge in [-0.25, -0.2) is 8.78 Å². The number of hydrogen-bond donors (Lipinski definition) is 1. The maximum absolute atomic E-state index is 14.4. The lowest BCUT2D eigenvalue weighted by Crippen LogP contribution is -2.36. The second-order valence-electron chi connectivity index (χ2n) is 6.81. The molecule has 0 spiro atoms. The molecule has 29 heavy (non-hydrogen) atoms. The molecule has 9 heteroatoms. The summed E-state index contributed by atoms with van der Waals surface area (Å²) in [5, 5.41) is 9.52. The van der Waals surface area contributed by atoms with Gasteiger partial charge in [-0.1, -0.05) is 0 Å². The molecule has 2 heterocycles. The Balaban J connectivity index is 1.93. The maximum Gasteiger partial charge on any atom is 0.274 e. The van der Waals surface area contributed by atoms with Crippen LogP contribution in [0.2, 0.25) is 0 Å². The largest absolute Gasteiger partial charge is 0.497 e. The normalized spacial score (nSPS) is 17.6. The number of aliphatic hydroxyl groups is 1. The molecule has 3 rings (SSSR count). The molecule has 0 saturated carbocycles. The predicted octanol–water partition coefficient (Wildman–Crippen LogP) is 1.84. The number of ether oxygens (including phenoxy) is 2. The van der Waals surface area contributed by atoms with Crippen molar-refractivity contribution in [1.29, 1.82) is 0 Å². The van der Waals surface area contributed by atoms with E-state index < -0.39 is 35.1 Å². The Kier molecular flexibility index (Phi) is 6.29. The van der Waals surface area contributed by atoms with Gasteiger partial charge in [0, 0.05) is 49.9 Å². The molecular weight excluding hydrogens is 386 g/mol. The minimum absolute atomic E-state index is 0.0354. The van der Waals surface area contributed by atoms with Crippen LogP contribution < -0.4 is 15.2 Å². The van der Waals surface area contributed by atoms with E-state index in [1.54, 1.807) is 6.07 Å². The quantitative estimate of drug-likeness (QED) is 0.756. The minimum atomic E-state index is -0.799. The SMILES string of the molecule is COCC(CO)n1cccc(N2CC(c3c(F)cc(OC)cc3F)CC2=O)c1=O. The highest BCUT2D eigenvalue weighted by atomic mass is 19.1. The molecule has 7 nitrogen and oxygen atoms in total. The summed E-state index contributed by atoms with van der Waals surface area (Å²) in [6.07, 6.45) is 1.36. The van der Waals surface area contributed by atoms with E-state index in [1.165, 1.54) is 35.9 Å². The maximum atomic E-state index is 14.4. The van der Waals surface area contributed by atoms with Gasteiger partial charge in [-0.05, 0) is 12.1 Å². The lowest BCUT2D eigenvalue weighted by Gasteiger charge is -2.21. The van der Waals surface area contributed by atoms with Crippen LogP contribution in [-0.4, -0.2) is 49.6 Å².